The smallest absolute Gasteiger partial charge is 0.243 e. The molecule has 2 saturated heterocycles. The minimum Gasteiger partial charge on any atom is -0.356 e. The Labute approximate surface area is 155 Å². The molecule has 3 amide bonds. The molecule has 0 aliphatic carbocycles. The molecular formula is C19H31N3O4. The molecule has 0 aromatic carbocycles. The summed E-state index contributed by atoms with van der Waals surface area (Å²) in [6.07, 6.45) is 5.24. The van der Waals surface area contributed by atoms with Crippen LogP contribution in [0.4, 0.5) is 0 Å². The maximum absolute atomic E-state index is 12.6. The fraction of sp³-hybridized carbons (Fsp3) is 0.789. The van der Waals surface area contributed by atoms with Crippen LogP contribution in [0.3, 0.4) is 0 Å². The van der Waals surface area contributed by atoms with Gasteiger partial charge in [0.25, 0.3) is 0 Å². The normalized spacial score (nSPS) is 31.4. The lowest BCUT2D eigenvalue weighted by Crippen LogP contribution is -2.52. The summed E-state index contributed by atoms with van der Waals surface area (Å²) in [5, 5.41) is 8.41. The summed E-state index contributed by atoms with van der Waals surface area (Å²) in [5.41, 5.74) is 0. The molecular weight excluding hydrogens is 334 g/mol. The van der Waals surface area contributed by atoms with Gasteiger partial charge in [0.15, 0.2) is 0 Å². The van der Waals surface area contributed by atoms with Crippen molar-refractivity contribution in [3.63, 3.8) is 0 Å². The summed E-state index contributed by atoms with van der Waals surface area (Å²) in [5.74, 6) is -0.373. The third-order valence-electron chi connectivity index (χ3n) is 5.31. The van der Waals surface area contributed by atoms with Crippen molar-refractivity contribution >= 4 is 24.0 Å². The number of carbonyl (C=O) groups is 4. The Morgan fingerprint density at radius 3 is 2.54 bits per heavy atom. The van der Waals surface area contributed by atoms with Gasteiger partial charge in [-0.3, -0.25) is 14.4 Å². The number of fused-ring (bicyclic) bond motifs is 1. The van der Waals surface area contributed by atoms with Gasteiger partial charge >= 0.3 is 0 Å². The molecule has 0 aromatic rings. The molecule has 26 heavy (non-hydrogen) atoms. The van der Waals surface area contributed by atoms with Crippen molar-refractivity contribution in [3.8, 4) is 0 Å². The first-order valence-electron chi connectivity index (χ1n) is 9.73. The van der Waals surface area contributed by atoms with Crippen LogP contribution in [-0.4, -0.2) is 42.6 Å². The number of carbonyl (C=O) groups excluding carboxylic acids is 4. The molecule has 146 valence electrons. The first kappa shape index (κ1) is 20.4. The van der Waals surface area contributed by atoms with Crippen LogP contribution in [-0.2, 0) is 19.2 Å². The van der Waals surface area contributed by atoms with E-state index in [0.717, 1.165) is 25.7 Å². The molecule has 7 nitrogen and oxygen atoms in total. The van der Waals surface area contributed by atoms with Gasteiger partial charge in [-0.25, -0.2) is 0 Å². The second-order valence-electron chi connectivity index (χ2n) is 7.93. The molecule has 0 unspecified atom stereocenters. The van der Waals surface area contributed by atoms with Crippen molar-refractivity contribution in [2.45, 2.75) is 70.9 Å². The number of nitrogens with one attached hydrogen (secondary N) is 3. The fourth-order valence-electron chi connectivity index (χ4n) is 3.94. The van der Waals surface area contributed by atoms with Crippen LogP contribution < -0.4 is 16.0 Å². The first-order valence-corrected chi connectivity index (χ1v) is 9.73. The van der Waals surface area contributed by atoms with Crippen LogP contribution >= 0.6 is 0 Å². The van der Waals surface area contributed by atoms with E-state index in [2.05, 4.69) is 16.0 Å². The van der Waals surface area contributed by atoms with E-state index in [-0.39, 0.29) is 35.5 Å². The first-order chi connectivity index (χ1) is 12.4. The SMILES string of the molecule is CC(C)C[C@@H]1NC(=O)CCCC[C@H]2CCNC(=O)[C@@H]2C[C@@H](C=O)NC1=O. The van der Waals surface area contributed by atoms with Gasteiger partial charge in [-0.2, -0.15) is 0 Å². The second kappa shape index (κ2) is 9.69. The Hall–Kier alpha value is -1.92. The summed E-state index contributed by atoms with van der Waals surface area (Å²) in [4.78, 5) is 48.6. The van der Waals surface area contributed by atoms with E-state index in [1.54, 1.807) is 0 Å². The van der Waals surface area contributed by atoms with E-state index in [9.17, 15) is 19.2 Å². The molecule has 2 aliphatic heterocycles. The summed E-state index contributed by atoms with van der Waals surface area (Å²) < 4.78 is 0. The van der Waals surface area contributed by atoms with Crippen molar-refractivity contribution in [2.75, 3.05) is 6.54 Å². The lowest BCUT2D eigenvalue weighted by molar-refractivity contribution is -0.132. The molecule has 0 spiro atoms. The standard InChI is InChI=1S/C19H31N3O4/c1-12(2)9-16-19(26)21-14(11-23)10-15-13(7-8-20-18(15)25)5-3-4-6-17(24)22-16/h11-16H,3-10H2,1-2H3,(H,20,25)(H,21,26)(H,22,24)/t13-,14-,15+,16-/m0/s1. The molecule has 2 heterocycles. The molecule has 0 saturated carbocycles. The molecule has 0 aromatic heterocycles. The highest BCUT2D eigenvalue weighted by atomic mass is 16.2. The summed E-state index contributed by atoms with van der Waals surface area (Å²) >= 11 is 0. The molecule has 7 heteroatoms. The maximum atomic E-state index is 12.6. The Morgan fingerprint density at radius 2 is 1.85 bits per heavy atom. The zero-order chi connectivity index (χ0) is 19.1. The summed E-state index contributed by atoms with van der Waals surface area (Å²) in [6, 6.07) is -1.37. The highest BCUT2D eigenvalue weighted by Gasteiger charge is 2.35. The number of aldehydes is 1. The molecule has 0 radical (unpaired) electrons. The van der Waals surface area contributed by atoms with Gasteiger partial charge in [0.2, 0.25) is 17.7 Å². The van der Waals surface area contributed by atoms with Crippen molar-refractivity contribution < 1.29 is 19.2 Å². The van der Waals surface area contributed by atoms with Crippen LogP contribution in [0.2, 0.25) is 0 Å². The Bertz CT molecular complexity index is 535. The van der Waals surface area contributed by atoms with E-state index in [4.69, 9.17) is 0 Å². The highest BCUT2D eigenvalue weighted by Crippen LogP contribution is 2.29. The average Bonchev–Trinajstić information content (AvgIpc) is 2.59. The van der Waals surface area contributed by atoms with E-state index < -0.39 is 12.1 Å². The van der Waals surface area contributed by atoms with E-state index in [1.165, 1.54) is 0 Å². The monoisotopic (exact) mass is 365 g/mol. The minimum atomic E-state index is -0.717. The lowest BCUT2D eigenvalue weighted by atomic mass is 9.78. The number of hydrogen-bond acceptors (Lipinski definition) is 4. The minimum absolute atomic E-state index is 0.0369. The topological polar surface area (TPSA) is 104 Å². The van der Waals surface area contributed by atoms with E-state index >= 15 is 0 Å². The van der Waals surface area contributed by atoms with Gasteiger partial charge in [-0.05, 0) is 43.9 Å². The third-order valence-corrected chi connectivity index (χ3v) is 5.31. The van der Waals surface area contributed by atoms with Gasteiger partial charge in [0, 0.05) is 18.9 Å². The van der Waals surface area contributed by atoms with Crippen LogP contribution in [0.15, 0.2) is 0 Å². The number of amides is 3. The summed E-state index contributed by atoms with van der Waals surface area (Å²) in [6.45, 7) is 4.61. The lowest BCUT2D eigenvalue weighted by Gasteiger charge is -2.32. The van der Waals surface area contributed by atoms with E-state index in [0.29, 0.717) is 32.1 Å². The Morgan fingerprint density at radius 1 is 1.08 bits per heavy atom. The Balaban J connectivity index is 2.18. The second-order valence-corrected chi connectivity index (χ2v) is 7.93. The largest absolute Gasteiger partial charge is 0.356 e. The fourth-order valence-corrected chi connectivity index (χ4v) is 3.94. The molecule has 3 N–H and O–H groups in total. The Kier molecular flexibility index (Phi) is 7.60. The van der Waals surface area contributed by atoms with Crippen LogP contribution in [0.1, 0.15) is 58.8 Å². The molecule has 2 aliphatic rings. The third kappa shape index (κ3) is 5.81. The molecule has 4 atom stereocenters. The zero-order valence-electron chi connectivity index (χ0n) is 15.8. The van der Waals surface area contributed by atoms with Gasteiger partial charge in [-0.15, -0.1) is 0 Å². The van der Waals surface area contributed by atoms with Crippen LogP contribution in [0.5, 0.6) is 0 Å². The number of piperidine rings is 1. The summed E-state index contributed by atoms with van der Waals surface area (Å²) in [7, 11) is 0. The predicted molar refractivity (Wildman–Crippen MR) is 97.1 cm³/mol. The zero-order valence-corrected chi connectivity index (χ0v) is 15.8. The number of rotatable bonds is 3. The van der Waals surface area contributed by atoms with Crippen LogP contribution in [0, 0.1) is 17.8 Å². The van der Waals surface area contributed by atoms with Gasteiger partial charge in [0.05, 0.1) is 6.04 Å². The average molecular weight is 365 g/mol. The van der Waals surface area contributed by atoms with Crippen molar-refractivity contribution in [3.05, 3.63) is 0 Å². The molecule has 2 fully saturated rings. The maximum Gasteiger partial charge on any atom is 0.243 e. The van der Waals surface area contributed by atoms with Crippen molar-refractivity contribution in [2.24, 2.45) is 17.8 Å². The van der Waals surface area contributed by atoms with Crippen molar-refractivity contribution in [1.29, 1.82) is 0 Å². The van der Waals surface area contributed by atoms with Gasteiger partial charge in [-0.1, -0.05) is 20.3 Å². The van der Waals surface area contributed by atoms with Crippen molar-refractivity contribution in [1.82, 2.24) is 16.0 Å². The highest BCUT2D eigenvalue weighted by molar-refractivity contribution is 5.89. The molecule has 0 bridgehead atoms. The van der Waals surface area contributed by atoms with Gasteiger partial charge in [0.1, 0.15) is 12.3 Å². The van der Waals surface area contributed by atoms with Gasteiger partial charge < -0.3 is 20.7 Å². The quantitative estimate of drug-likeness (QED) is 0.647. The van der Waals surface area contributed by atoms with E-state index in [1.807, 2.05) is 13.8 Å². The predicted octanol–water partition coefficient (Wildman–Crippen LogP) is 0.917. The van der Waals surface area contributed by atoms with Crippen LogP contribution in [0.25, 0.3) is 0 Å². The molecule has 2 rings (SSSR count). The number of hydrogen-bond donors (Lipinski definition) is 3.